The minimum atomic E-state index is -0.342. The molecule has 0 amide bonds. The monoisotopic (exact) mass is 181 g/mol. The molecule has 13 heavy (non-hydrogen) atoms. The second-order valence-electron chi connectivity index (χ2n) is 2.69. The highest BCUT2D eigenvalue weighted by Gasteiger charge is 1.98. The fourth-order valence-electron chi connectivity index (χ4n) is 0.965. The van der Waals surface area contributed by atoms with E-state index in [0.29, 0.717) is 18.5 Å². The molecule has 0 bridgehead atoms. The molecule has 0 aliphatic carbocycles. The van der Waals surface area contributed by atoms with Crippen molar-refractivity contribution in [3.63, 3.8) is 0 Å². The molecule has 1 aromatic rings. The molecule has 0 atom stereocenters. The van der Waals surface area contributed by atoms with Crippen molar-refractivity contribution < 1.29 is 9.50 Å². The largest absolute Gasteiger partial charge is 0.508 e. The summed E-state index contributed by atoms with van der Waals surface area (Å²) >= 11 is 0. The third kappa shape index (κ3) is 2.87. The average Bonchev–Trinajstić information content (AvgIpc) is 2.11. The fourth-order valence-corrected chi connectivity index (χ4v) is 0.965. The van der Waals surface area contributed by atoms with Crippen molar-refractivity contribution in [3.05, 3.63) is 35.7 Å². The van der Waals surface area contributed by atoms with Gasteiger partial charge >= 0.3 is 0 Å². The van der Waals surface area contributed by atoms with E-state index in [9.17, 15) is 4.39 Å². The van der Waals surface area contributed by atoms with E-state index < -0.39 is 0 Å². The third-order valence-corrected chi connectivity index (χ3v) is 1.61. The first kappa shape index (κ1) is 9.74. The normalized spacial score (nSPS) is 10.9. The topological polar surface area (TPSA) is 46.2 Å². The van der Waals surface area contributed by atoms with Crippen LogP contribution in [0.2, 0.25) is 0 Å². The van der Waals surface area contributed by atoms with E-state index in [4.69, 9.17) is 10.8 Å². The highest BCUT2D eigenvalue weighted by Crippen LogP contribution is 2.16. The molecule has 0 unspecified atom stereocenters. The molecule has 0 saturated carbocycles. The van der Waals surface area contributed by atoms with Crippen LogP contribution in [0.25, 0.3) is 6.08 Å². The summed E-state index contributed by atoms with van der Waals surface area (Å²) in [6.45, 7) is 0.539. The van der Waals surface area contributed by atoms with E-state index in [1.807, 2.05) is 0 Å². The lowest BCUT2D eigenvalue weighted by Crippen LogP contribution is -1.95. The van der Waals surface area contributed by atoms with Crippen LogP contribution in [0, 0.1) is 5.82 Å². The minimum absolute atomic E-state index is 0.0637. The number of halogens is 1. The Labute approximate surface area is 76.5 Å². The van der Waals surface area contributed by atoms with Gasteiger partial charge < -0.3 is 10.8 Å². The number of hydrogen-bond acceptors (Lipinski definition) is 2. The van der Waals surface area contributed by atoms with E-state index in [-0.39, 0.29) is 11.6 Å². The lowest BCUT2D eigenvalue weighted by Gasteiger charge is -1.97. The Balaban J connectivity index is 2.81. The summed E-state index contributed by atoms with van der Waals surface area (Å²) in [6, 6.07) is 3.93. The number of rotatable bonds is 3. The second kappa shape index (κ2) is 4.62. The van der Waals surface area contributed by atoms with Gasteiger partial charge in [-0.05, 0) is 31.2 Å². The maximum Gasteiger partial charge on any atom is 0.130 e. The van der Waals surface area contributed by atoms with Crippen molar-refractivity contribution in [1.82, 2.24) is 0 Å². The van der Waals surface area contributed by atoms with Crippen LogP contribution in [0.1, 0.15) is 12.0 Å². The van der Waals surface area contributed by atoms with Gasteiger partial charge in [0.1, 0.15) is 11.6 Å². The van der Waals surface area contributed by atoms with Crippen molar-refractivity contribution in [2.24, 2.45) is 5.73 Å². The van der Waals surface area contributed by atoms with Gasteiger partial charge in [-0.25, -0.2) is 4.39 Å². The zero-order valence-electron chi connectivity index (χ0n) is 7.20. The van der Waals surface area contributed by atoms with Gasteiger partial charge in [-0.3, -0.25) is 0 Å². The number of phenolic OH excluding ortho intramolecular Hbond substituents is 1. The molecule has 0 heterocycles. The van der Waals surface area contributed by atoms with Gasteiger partial charge in [0.2, 0.25) is 0 Å². The van der Waals surface area contributed by atoms with Crippen LogP contribution in [-0.2, 0) is 0 Å². The van der Waals surface area contributed by atoms with Gasteiger partial charge in [-0.15, -0.1) is 0 Å². The van der Waals surface area contributed by atoms with Crippen molar-refractivity contribution in [2.75, 3.05) is 6.54 Å². The van der Waals surface area contributed by atoms with E-state index in [2.05, 4.69) is 0 Å². The summed E-state index contributed by atoms with van der Waals surface area (Å²) < 4.78 is 13.0. The van der Waals surface area contributed by atoms with E-state index in [1.165, 1.54) is 18.2 Å². The summed E-state index contributed by atoms with van der Waals surface area (Å²) in [7, 11) is 0. The van der Waals surface area contributed by atoms with Gasteiger partial charge in [0, 0.05) is 5.56 Å². The quantitative estimate of drug-likeness (QED) is 0.748. The van der Waals surface area contributed by atoms with Crippen LogP contribution in [0.3, 0.4) is 0 Å². The van der Waals surface area contributed by atoms with E-state index >= 15 is 0 Å². The second-order valence-corrected chi connectivity index (χ2v) is 2.69. The number of phenols is 1. The Morgan fingerprint density at radius 1 is 1.46 bits per heavy atom. The molecule has 0 aromatic heterocycles. The van der Waals surface area contributed by atoms with Crippen LogP contribution in [0.4, 0.5) is 4.39 Å². The molecule has 0 radical (unpaired) electrons. The number of nitrogens with two attached hydrogens (primary N) is 1. The van der Waals surface area contributed by atoms with E-state index in [0.717, 1.165) is 0 Å². The van der Waals surface area contributed by atoms with Crippen LogP contribution >= 0.6 is 0 Å². The molecule has 3 heteroatoms. The zero-order valence-corrected chi connectivity index (χ0v) is 7.20. The fraction of sp³-hybridized carbons (Fsp3) is 0.200. The van der Waals surface area contributed by atoms with Crippen LogP contribution in [0.15, 0.2) is 24.3 Å². The van der Waals surface area contributed by atoms with Gasteiger partial charge in [0.25, 0.3) is 0 Å². The summed E-state index contributed by atoms with van der Waals surface area (Å²) in [4.78, 5) is 0. The van der Waals surface area contributed by atoms with Gasteiger partial charge in [-0.1, -0.05) is 12.2 Å². The SMILES string of the molecule is NCCC=Cc1cc(O)ccc1F. The predicted molar refractivity (Wildman–Crippen MR) is 50.8 cm³/mol. The molecule has 70 valence electrons. The lowest BCUT2D eigenvalue weighted by molar-refractivity contribution is 0.473. The van der Waals surface area contributed by atoms with E-state index in [1.54, 1.807) is 12.2 Å². The molecule has 2 nitrogen and oxygen atoms in total. The summed E-state index contributed by atoms with van der Waals surface area (Å²) in [6.07, 6.45) is 4.09. The van der Waals surface area contributed by atoms with Gasteiger partial charge in [-0.2, -0.15) is 0 Å². The highest BCUT2D eigenvalue weighted by molar-refractivity contribution is 5.52. The minimum Gasteiger partial charge on any atom is -0.508 e. The molecule has 0 spiro atoms. The molecule has 3 N–H and O–H groups in total. The Morgan fingerprint density at radius 3 is 2.92 bits per heavy atom. The lowest BCUT2D eigenvalue weighted by atomic mass is 10.2. The Bertz CT molecular complexity index is 310. The molecule has 0 aliphatic rings. The molecule has 1 aromatic carbocycles. The molecular weight excluding hydrogens is 169 g/mol. The standard InChI is InChI=1S/C10H12FNO/c11-10-5-4-9(13)7-8(10)3-1-2-6-12/h1,3-5,7,13H,2,6,12H2. The average molecular weight is 181 g/mol. The van der Waals surface area contributed by atoms with Crippen molar-refractivity contribution in [3.8, 4) is 5.75 Å². The van der Waals surface area contributed by atoms with Crippen molar-refractivity contribution >= 4 is 6.08 Å². The van der Waals surface area contributed by atoms with Crippen molar-refractivity contribution in [1.29, 1.82) is 0 Å². The number of hydrogen-bond donors (Lipinski definition) is 2. The number of benzene rings is 1. The highest BCUT2D eigenvalue weighted by atomic mass is 19.1. The maximum absolute atomic E-state index is 13.0. The Morgan fingerprint density at radius 2 is 2.23 bits per heavy atom. The van der Waals surface area contributed by atoms with Crippen LogP contribution in [-0.4, -0.2) is 11.7 Å². The maximum atomic E-state index is 13.0. The molecule has 0 saturated heterocycles. The number of aromatic hydroxyl groups is 1. The first-order valence-corrected chi connectivity index (χ1v) is 4.09. The summed E-state index contributed by atoms with van der Waals surface area (Å²) in [5.41, 5.74) is 5.65. The van der Waals surface area contributed by atoms with Gasteiger partial charge in [0.15, 0.2) is 0 Å². The Kier molecular flexibility index (Phi) is 3.46. The third-order valence-electron chi connectivity index (χ3n) is 1.61. The molecular formula is C10H12FNO. The summed E-state index contributed by atoms with van der Waals surface area (Å²) in [5, 5.41) is 9.07. The summed E-state index contributed by atoms with van der Waals surface area (Å²) in [5.74, 6) is -0.278. The predicted octanol–water partition coefficient (Wildman–Crippen LogP) is 1.89. The first-order chi connectivity index (χ1) is 6.24. The van der Waals surface area contributed by atoms with Crippen LogP contribution < -0.4 is 5.73 Å². The molecule has 1 rings (SSSR count). The zero-order chi connectivity index (χ0) is 9.68. The first-order valence-electron chi connectivity index (χ1n) is 4.09. The van der Waals surface area contributed by atoms with Gasteiger partial charge in [0.05, 0.1) is 0 Å². The van der Waals surface area contributed by atoms with Crippen LogP contribution in [0.5, 0.6) is 5.75 Å². The Hall–Kier alpha value is -1.35. The smallest absolute Gasteiger partial charge is 0.130 e. The van der Waals surface area contributed by atoms with Crippen molar-refractivity contribution in [2.45, 2.75) is 6.42 Å². The molecule has 0 aliphatic heterocycles. The molecule has 0 fully saturated rings.